The molecular weight excluding hydrogens is 405 g/mol. The van der Waals surface area contributed by atoms with Crippen molar-refractivity contribution in [3.05, 3.63) is 32.7 Å². The molecule has 0 heterocycles. The van der Waals surface area contributed by atoms with Crippen LogP contribution >= 0.6 is 43.5 Å². The second-order valence-electron chi connectivity index (χ2n) is 5.67. The first-order chi connectivity index (χ1) is 9.46. The summed E-state index contributed by atoms with van der Waals surface area (Å²) in [5.41, 5.74) is 0.384. The summed E-state index contributed by atoms with van der Waals surface area (Å²) in [7, 11) is 0. The Morgan fingerprint density at radius 3 is 2.65 bits per heavy atom. The Morgan fingerprint density at radius 1 is 1.40 bits per heavy atom. The monoisotopic (exact) mass is 421 g/mol. The van der Waals surface area contributed by atoms with Gasteiger partial charge in [-0.3, -0.25) is 4.79 Å². The van der Waals surface area contributed by atoms with Gasteiger partial charge in [0.2, 0.25) is 0 Å². The zero-order chi connectivity index (χ0) is 14.8. The second kappa shape index (κ2) is 6.80. The lowest BCUT2D eigenvalue weighted by Crippen LogP contribution is -2.52. The van der Waals surface area contributed by atoms with Gasteiger partial charge >= 0.3 is 0 Å². The van der Waals surface area contributed by atoms with E-state index in [0.717, 1.165) is 40.5 Å². The Bertz CT molecular complexity index is 499. The fraction of sp³-hybridized carbons (Fsp3) is 0.533. The van der Waals surface area contributed by atoms with Crippen molar-refractivity contribution in [2.45, 2.75) is 38.1 Å². The summed E-state index contributed by atoms with van der Waals surface area (Å²) in [5, 5.41) is 3.17. The van der Waals surface area contributed by atoms with Gasteiger partial charge in [0.05, 0.1) is 11.1 Å². The molecule has 20 heavy (non-hydrogen) atoms. The molecule has 0 saturated heterocycles. The number of benzene rings is 1. The molecule has 1 N–H and O–H groups in total. The highest BCUT2D eigenvalue weighted by molar-refractivity contribution is 9.11. The van der Waals surface area contributed by atoms with Gasteiger partial charge in [-0.1, -0.05) is 22.9 Å². The third-order valence-electron chi connectivity index (χ3n) is 4.04. The lowest BCUT2D eigenvalue weighted by Gasteiger charge is -2.38. The minimum atomic E-state index is -0.257. The van der Waals surface area contributed by atoms with Crippen LogP contribution in [0.4, 0.5) is 0 Å². The fourth-order valence-electron chi connectivity index (χ4n) is 2.59. The van der Waals surface area contributed by atoms with Crippen molar-refractivity contribution in [2.75, 3.05) is 5.88 Å². The van der Waals surface area contributed by atoms with Gasteiger partial charge in [-0.25, -0.2) is 0 Å². The van der Waals surface area contributed by atoms with E-state index < -0.39 is 0 Å². The average molecular weight is 424 g/mol. The van der Waals surface area contributed by atoms with E-state index in [4.69, 9.17) is 11.6 Å². The first kappa shape index (κ1) is 16.3. The summed E-state index contributed by atoms with van der Waals surface area (Å²) in [5.74, 6) is 1.13. The van der Waals surface area contributed by atoms with E-state index in [2.05, 4.69) is 44.1 Å². The number of rotatable bonds is 3. The molecule has 1 aliphatic carbocycles. The Labute approximate surface area is 141 Å². The maximum atomic E-state index is 12.5. The normalized spacial score (nSPS) is 26.3. The summed E-state index contributed by atoms with van der Waals surface area (Å²) in [6.45, 7) is 2.25. The van der Waals surface area contributed by atoms with E-state index in [0.29, 0.717) is 11.4 Å². The molecule has 0 bridgehead atoms. The molecule has 0 aromatic heterocycles. The van der Waals surface area contributed by atoms with Crippen LogP contribution in [-0.2, 0) is 0 Å². The largest absolute Gasteiger partial charge is 0.345 e. The molecule has 1 amide bonds. The number of carbonyl (C=O) groups excluding carboxylic acids is 1. The number of hydrogen-bond acceptors (Lipinski definition) is 1. The van der Waals surface area contributed by atoms with Crippen molar-refractivity contribution in [3.8, 4) is 0 Å². The lowest BCUT2D eigenvalue weighted by atomic mass is 9.78. The second-order valence-corrected chi connectivity index (χ2v) is 7.71. The van der Waals surface area contributed by atoms with Gasteiger partial charge < -0.3 is 5.32 Å². The lowest BCUT2D eigenvalue weighted by molar-refractivity contribution is 0.0871. The number of hydrogen-bond donors (Lipinski definition) is 1. The van der Waals surface area contributed by atoms with E-state index in [1.807, 2.05) is 18.2 Å². The standard InChI is InChI=1S/C15H18Br2ClNO/c1-10-4-6-15(9-18,7-5-10)19-14(20)12-8-11(16)2-3-13(12)17/h2-3,8,10H,4-7,9H2,1H3,(H,19,20). The first-order valence-corrected chi connectivity index (χ1v) is 8.91. The molecular formula is C15H18Br2ClNO. The van der Waals surface area contributed by atoms with E-state index in [1.165, 1.54) is 0 Å². The molecule has 0 radical (unpaired) electrons. The molecule has 0 atom stereocenters. The van der Waals surface area contributed by atoms with Crippen molar-refractivity contribution in [1.29, 1.82) is 0 Å². The van der Waals surface area contributed by atoms with Crippen LogP contribution in [0, 0.1) is 5.92 Å². The third kappa shape index (κ3) is 3.77. The average Bonchev–Trinajstić information content (AvgIpc) is 2.44. The van der Waals surface area contributed by atoms with Gasteiger partial charge in [-0.15, -0.1) is 11.6 Å². The molecule has 5 heteroatoms. The molecule has 1 aromatic rings. The Kier molecular flexibility index (Phi) is 5.55. The predicted octanol–water partition coefficient (Wildman–Crippen LogP) is 5.13. The summed E-state index contributed by atoms with van der Waals surface area (Å²) < 4.78 is 1.69. The van der Waals surface area contributed by atoms with Gasteiger partial charge in [-0.05, 0) is 65.7 Å². The van der Waals surface area contributed by atoms with Crippen LogP contribution in [0.3, 0.4) is 0 Å². The van der Waals surface area contributed by atoms with E-state index in [1.54, 1.807) is 0 Å². The van der Waals surface area contributed by atoms with Crippen molar-refractivity contribution < 1.29 is 4.79 Å². The molecule has 1 fully saturated rings. The molecule has 1 aliphatic rings. The number of carbonyl (C=O) groups is 1. The van der Waals surface area contributed by atoms with E-state index in [-0.39, 0.29) is 11.4 Å². The molecule has 1 aromatic carbocycles. The van der Waals surface area contributed by atoms with Crippen molar-refractivity contribution in [3.63, 3.8) is 0 Å². The SMILES string of the molecule is CC1CCC(CCl)(NC(=O)c2cc(Br)ccc2Br)CC1. The highest BCUT2D eigenvalue weighted by Gasteiger charge is 2.35. The maximum absolute atomic E-state index is 12.5. The molecule has 2 nitrogen and oxygen atoms in total. The predicted molar refractivity (Wildman–Crippen MR) is 90.4 cm³/mol. The van der Waals surface area contributed by atoms with E-state index in [9.17, 15) is 4.79 Å². The van der Waals surface area contributed by atoms with Crippen LogP contribution in [0.15, 0.2) is 27.1 Å². The number of halogens is 3. The summed E-state index contributed by atoms with van der Waals surface area (Å²) in [6, 6.07) is 5.60. The van der Waals surface area contributed by atoms with Crippen LogP contribution in [-0.4, -0.2) is 17.3 Å². The molecule has 0 aliphatic heterocycles. The minimum Gasteiger partial charge on any atom is -0.345 e. The smallest absolute Gasteiger partial charge is 0.252 e. The quantitative estimate of drug-likeness (QED) is 0.671. The molecule has 2 rings (SSSR count). The number of amides is 1. The summed E-state index contributed by atoms with van der Waals surface area (Å²) >= 11 is 13.0. The van der Waals surface area contributed by atoms with Crippen molar-refractivity contribution >= 4 is 49.4 Å². The van der Waals surface area contributed by atoms with Crippen molar-refractivity contribution in [2.24, 2.45) is 5.92 Å². The van der Waals surface area contributed by atoms with Gasteiger partial charge in [0.25, 0.3) is 5.91 Å². The molecule has 110 valence electrons. The zero-order valence-corrected chi connectivity index (χ0v) is 15.3. The van der Waals surface area contributed by atoms with Crippen LogP contribution in [0.5, 0.6) is 0 Å². The molecule has 0 spiro atoms. The van der Waals surface area contributed by atoms with Crippen molar-refractivity contribution in [1.82, 2.24) is 5.32 Å². The Balaban J connectivity index is 2.15. The van der Waals surface area contributed by atoms with Gasteiger partial charge in [0, 0.05) is 14.8 Å². The molecule has 0 unspecified atom stereocenters. The van der Waals surface area contributed by atoms with Gasteiger partial charge in [0.1, 0.15) is 0 Å². The number of nitrogens with one attached hydrogen (secondary N) is 1. The zero-order valence-electron chi connectivity index (χ0n) is 11.4. The van der Waals surface area contributed by atoms with Crippen LogP contribution < -0.4 is 5.32 Å². The van der Waals surface area contributed by atoms with Crippen LogP contribution in [0.25, 0.3) is 0 Å². The fourth-order valence-corrected chi connectivity index (χ4v) is 3.71. The first-order valence-electron chi connectivity index (χ1n) is 6.79. The highest BCUT2D eigenvalue weighted by Crippen LogP contribution is 2.33. The summed E-state index contributed by atoms with van der Waals surface area (Å²) in [6.07, 6.45) is 4.14. The van der Waals surface area contributed by atoms with E-state index >= 15 is 0 Å². The van der Waals surface area contributed by atoms with Crippen LogP contribution in [0.1, 0.15) is 43.0 Å². The summed E-state index contributed by atoms with van der Waals surface area (Å²) in [4.78, 5) is 12.5. The highest BCUT2D eigenvalue weighted by atomic mass is 79.9. The Morgan fingerprint density at radius 2 is 2.05 bits per heavy atom. The number of alkyl halides is 1. The minimum absolute atomic E-state index is 0.0617. The Hall–Kier alpha value is -0.0600. The third-order valence-corrected chi connectivity index (χ3v) is 5.74. The topological polar surface area (TPSA) is 29.1 Å². The maximum Gasteiger partial charge on any atom is 0.252 e. The van der Waals surface area contributed by atoms with Gasteiger partial charge in [-0.2, -0.15) is 0 Å². The van der Waals surface area contributed by atoms with Crippen LogP contribution in [0.2, 0.25) is 0 Å². The molecule has 1 saturated carbocycles. The van der Waals surface area contributed by atoms with Gasteiger partial charge in [0.15, 0.2) is 0 Å².